The van der Waals surface area contributed by atoms with Crippen LogP contribution in [0.2, 0.25) is 0 Å². The zero-order chi connectivity index (χ0) is 10.2. The van der Waals surface area contributed by atoms with Gasteiger partial charge in [0, 0.05) is 6.07 Å². The van der Waals surface area contributed by atoms with Crippen molar-refractivity contribution in [3.8, 4) is 11.5 Å². The van der Waals surface area contributed by atoms with Crippen molar-refractivity contribution in [2.45, 2.75) is 34.1 Å². The number of hydrogen-bond acceptors (Lipinski definition) is 2. The normalized spacial score (nSPS) is 9.20. The molecule has 1 aromatic rings. The van der Waals surface area contributed by atoms with Gasteiger partial charge in [0.15, 0.2) is 0 Å². The molecule has 1 rings (SSSR count). The van der Waals surface area contributed by atoms with Crippen molar-refractivity contribution >= 4 is 0 Å². The number of benzene rings is 1. The Kier molecular flexibility index (Phi) is 7.51. The lowest BCUT2D eigenvalue weighted by molar-refractivity contribution is 0.301. The van der Waals surface area contributed by atoms with Gasteiger partial charge in [0.1, 0.15) is 11.5 Å². The molecule has 1 aromatic carbocycles. The zero-order valence-electron chi connectivity index (χ0n) is 8.95. The molecule has 0 aliphatic carbocycles. The zero-order valence-corrected chi connectivity index (χ0v) is 8.95. The van der Waals surface area contributed by atoms with Gasteiger partial charge in [-0.25, -0.2) is 0 Å². The van der Waals surface area contributed by atoms with Crippen molar-refractivity contribution in [2.24, 2.45) is 0 Å². The van der Waals surface area contributed by atoms with E-state index >= 15 is 0 Å². The predicted molar refractivity (Wildman–Crippen MR) is 64.7 cm³/mol. The molecule has 2 nitrogen and oxygen atoms in total. The first-order valence-electron chi connectivity index (χ1n) is 5.22. The van der Waals surface area contributed by atoms with Crippen molar-refractivity contribution in [1.29, 1.82) is 0 Å². The lowest BCUT2D eigenvalue weighted by Crippen LogP contribution is -1.97. The molecule has 0 heterocycles. The van der Waals surface area contributed by atoms with Gasteiger partial charge in [0.05, 0.1) is 13.2 Å². The van der Waals surface area contributed by atoms with Crippen LogP contribution in [0.3, 0.4) is 0 Å². The average Bonchev–Trinajstić information content (AvgIpc) is 2.24. The van der Waals surface area contributed by atoms with Crippen LogP contribution in [0, 0.1) is 0 Å². The van der Waals surface area contributed by atoms with Crippen LogP contribution in [0.15, 0.2) is 24.3 Å². The maximum absolute atomic E-state index is 5.50. The van der Waals surface area contributed by atoms with Crippen molar-refractivity contribution in [2.75, 3.05) is 13.2 Å². The van der Waals surface area contributed by atoms with Crippen LogP contribution in [-0.4, -0.2) is 13.2 Å². The van der Waals surface area contributed by atoms with E-state index in [0.717, 1.165) is 37.6 Å². The molecule has 0 amide bonds. The maximum atomic E-state index is 5.50. The Labute approximate surface area is 93.2 Å². The molecule has 0 spiro atoms. The molecule has 2 heteroatoms. The molecule has 0 aromatic heterocycles. The van der Waals surface area contributed by atoms with Crippen molar-refractivity contribution in [3.05, 3.63) is 24.3 Å². The monoisotopic (exact) mass is 210 g/mol. The lowest BCUT2D eigenvalue weighted by atomic mass is 10.3. The Morgan fingerprint density at radius 3 is 1.80 bits per heavy atom. The fourth-order valence-corrected chi connectivity index (χ4v) is 1.09. The van der Waals surface area contributed by atoms with E-state index < -0.39 is 0 Å². The molecule has 0 saturated heterocycles. The summed E-state index contributed by atoms with van der Waals surface area (Å²) in [4.78, 5) is 0. The van der Waals surface area contributed by atoms with Crippen LogP contribution in [0.25, 0.3) is 0 Å². The minimum absolute atomic E-state index is 0. The molecule has 0 saturated carbocycles. The molecule has 0 radical (unpaired) electrons. The van der Waals surface area contributed by atoms with Gasteiger partial charge in [-0.2, -0.15) is 0 Å². The van der Waals surface area contributed by atoms with E-state index in [1.54, 1.807) is 0 Å². The highest BCUT2D eigenvalue weighted by Gasteiger charge is 1.96. The highest BCUT2D eigenvalue weighted by molar-refractivity contribution is 5.32. The van der Waals surface area contributed by atoms with Gasteiger partial charge >= 0.3 is 0 Å². The molecule has 0 N–H and O–H groups in total. The van der Waals surface area contributed by atoms with Crippen molar-refractivity contribution in [3.63, 3.8) is 0 Å². The topological polar surface area (TPSA) is 18.5 Å². The van der Waals surface area contributed by atoms with E-state index in [9.17, 15) is 0 Å². The van der Waals surface area contributed by atoms with Gasteiger partial charge in [-0.1, -0.05) is 27.3 Å². The predicted octanol–water partition coefficient (Wildman–Crippen LogP) is 3.90. The maximum Gasteiger partial charge on any atom is 0.122 e. The smallest absolute Gasteiger partial charge is 0.122 e. The highest BCUT2D eigenvalue weighted by atomic mass is 16.5. The molecule has 0 bridgehead atoms. The first kappa shape index (κ1) is 13.8. The van der Waals surface area contributed by atoms with Crippen LogP contribution in [0.4, 0.5) is 0 Å². The number of rotatable bonds is 6. The summed E-state index contributed by atoms with van der Waals surface area (Å²) in [5.41, 5.74) is 0. The fraction of sp³-hybridized carbons (Fsp3) is 0.538. The van der Waals surface area contributed by atoms with Gasteiger partial charge < -0.3 is 9.47 Å². The average molecular weight is 210 g/mol. The Morgan fingerprint density at radius 1 is 0.933 bits per heavy atom. The summed E-state index contributed by atoms with van der Waals surface area (Å²) in [5, 5.41) is 0. The first-order valence-corrected chi connectivity index (χ1v) is 5.22. The van der Waals surface area contributed by atoms with E-state index in [1.165, 1.54) is 0 Å². The van der Waals surface area contributed by atoms with E-state index in [1.807, 2.05) is 24.3 Å². The molecular weight excluding hydrogens is 188 g/mol. The highest BCUT2D eigenvalue weighted by Crippen LogP contribution is 2.19. The van der Waals surface area contributed by atoms with Crippen molar-refractivity contribution < 1.29 is 9.47 Å². The molecular formula is C13H22O2. The Morgan fingerprint density at radius 2 is 1.40 bits per heavy atom. The molecule has 0 unspecified atom stereocenters. The molecule has 86 valence electrons. The number of ether oxygens (including phenoxy) is 2. The Balaban J connectivity index is 0.00000196. The van der Waals surface area contributed by atoms with Crippen molar-refractivity contribution in [1.82, 2.24) is 0 Å². The summed E-state index contributed by atoms with van der Waals surface area (Å²) in [5.74, 6) is 1.78. The molecule has 0 aliphatic rings. The van der Waals surface area contributed by atoms with Gasteiger partial charge in [-0.15, -0.1) is 0 Å². The summed E-state index contributed by atoms with van der Waals surface area (Å²) in [6.07, 6.45) is 2.06. The third-order valence-corrected chi connectivity index (χ3v) is 1.75. The third-order valence-electron chi connectivity index (χ3n) is 1.75. The summed E-state index contributed by atoms with van der Waals surface area (Å²) in [6.45, 7) is 5.71. The molecule has 15 heavy (non-hydrogen) atoms. The molecule has 0 fully saturated rings. The third kappa shape index (κ3) is 5.31. The lowest BCUT2D eigenvalue weighted by Gasteiger charge is -2.07. The summed E-state index contributed by atoms with van der Waals surface area (Å²) in [6, 6.07) is 7.80. The number of hydrogen-bond donors (Lipinski definition) is 0. The van der Waals surface area contributed by atoms with Gasteiger partial charge in [-0.05, 0) is 25.0 Å². The summed E-state index contributed by atoms with van der Waals surface area (Å²) >= 11 is 0. The first-order chi connectivity index (χ1) is 6.86. The van der Waals surface area contributed by atoms with Crippen LogP contribution >= 0.6 is 0 Å². The van der Waals surface area contributed by atoms with E-state index in [2.05, 4.69) is 13.8 Å². The van der Waals surface area contributed by atoms with Gasteiger partial charge in [0.25, 0.3) is 0 Å². The standard InChI is InChI=1S/C12H18O2.CH4/c1-3-8-13-11-6-5-7-12(10-11)14-9-4-2;/h5-7,10H,3-4,8-9H2,1-2H3;1H4. The van der Waals surface area contributed by atoms with Crippen LogP contribution in [0.5, 0.6) is 11.5 Å². The molecule has 0 atom stereocenters. The van der Waals surface area contributed by atoms with Gasteiger partial charge in [-0.3, -0.25) is 0 Å². The molecule has 0 aliphatic heterocycles. The minimum Gasteiger partial charge on any atom is -0.493 e. The SMILES string of the molecule is C.CCCOc1cccc(OCCC)c1. The van der Waals surface area contributed by atoms with Crippen LogP contribution < -0.4 is 9.47 Å². The Bertz CT molecular complexity index is 235. The summed E-state index contributed by atoms with van der Waals surface area (Å²) < 4.78 is 11.0. The Hall–Kier alpha value is -1.18. The second-order valence-corrected chi connectivity index (χ2v) is 3.17. The van der Waals surface area contributed by atoms with Gasteiger partial charge in [0.2, 0.25) is 0 Å². The van der Waals surface area contributed by atoms with Crippen LogP contribution in [-0.2, 0) is 0 Å². The summed E-state index contributed by atoms with van der Waals surface area (Å²) in [7, 11) is 0. The largest absolute Gasteiger partial charge is 0.493 e. The van der Waals surface area contributed by atoms with E-state index in [-0.39, 0.29) is 7.43 Å². The van der Waals surface area contributed by atoms with E-state index in [4.69, 9.17) is 9.47 Å². The minimum atomic E-state index is 0. The van der Waals surface area contributed by atoms with Crippen LogP contribution in [0.1, 0.15) is 34.1 Å². The fourth-order valence-electron chi connectivity index (χ4n) is 1.09. The quantitative estimate of drug-likeness (QED) is 0.709. The second kappa shape index (κ2) is 8.16. The van der Waals surface area contributed by atoms with E-state index in [0.29, 0.717) is 0 Å². The second-order valence-electron chi connectivity index (χ2n) is 3.17.